The van der Waals surface area contributed by atoms with Crippen LogP contribution in [-0.4, -0.2) is 0 Å². The molecule has 1 aliphatic rings. The van der Waals surface area contributed by atoms with Gasteiger partial charge in [0.15, 0.2) is 0 Å². The van der Waals surface area contributed by atoms with E-state index >= 15 is 0 Å². The van der Waals surface area contributed by atoms with Gasteiger partial charge in [0.2, 0.25) is 0 Å². The van der Waals surface area contributed by atoms with Crippen LogP contribution in [-0.2, 0) is 5.41 Å². The molecule has 0 radical (unpaired) electrons. The van der Waals surface area contributed by atoms with Crippen LogP contribution in [0.4, 0.5) is 45.5 Å². The summed E-state index contributed by atoms with van der Waals surface area (Å²) in [6, 6.07) is 157. The lowest BCUT2D eigenvalue weighted by Gasteiger charge is -2.39. The molecule has 1 fully saturated rings. The number of benzene rings is 16. The summed E-state index contributed by atoms with van der Waals surface area (Å²) in [6.45, 7) is 8.59. The molecule has 1 aliphatic carbocycles. The number of hydrogen-bond acceptors (Lipinski definition) is 4. The number of anilines is 8. The fourth-order valence-electron chi connectivity index (χ4n) is 16.3. The van der Waals surface area contributed by atoms with E-state index in [-0.39, 0.29) is 5.41 Å². The third-order valence-corrected chi connectivity index (χ3v) is 22.6. The van der Waals surface area contributed by atoms with Gasteiger partial charge in [-0.1, -0.05) is 370 Å². The summed E-state index contributed by atoms with van der Waals surface area (Å²) < 4.78 is 0. The molecule has 0 spiro atoms. The van der Waals surface area contributed by atoms with Crippen LogP contribution in [0.2, 0.25) is 0 Å². The molecule has 0 aromatic heterocycles. The number of rotatable bonds is 23. The summed E-state index contributed by atoms with van der Waals surface area (Å²) >= 11 is 0. The molecule has 0 saturated heterocycles. The summed E-state index contributed by atoms with van der Waals surface area (Å²) in [4.78, 5) is 9.32. The average molecular weight is 1520 g/mol. The van der Waals surface area contributed by atoms with Crippen LogP contribution in [0.15, 0.2) is 462 Å². The van der Waals surface area contributed by atoms with E-state index in [0.29, 0.717) is 0 Å². The maximum absolute atomic E-state index is 2.40. The summed E-state index contributed by atoms with van der Waals surface area (Å²) in [5.41, 5.74) is 33.0. The van der Waals surface area contributed by atoms with E-state index in [1.165, 1.54) is 108 Å². The average Bonchev–Trinajstić information content (AvgIpc) is 0.761. The highest BCUT2D eigenvalue weighted by Gasteiger charge is 2.36. The molecule has 4 nitrogen and oxygen atoms in total. The van der Waals surface area contributed by atoms with Crippen molar-refractivity contribution in [2.75, 3.05) is 19.6 Å². The highest BCUT2D eigenvalue weighted by Crippen LogP contribution is 2.47. The summed E-state index contributed by atoms with van der Waals surface area (Å²) in [5, 5.41) is 0. The second kappa shape index (κ2) is 37.3. The molecule has 574 valence electrons. The van der Waals surface area contributed by atoms with Crippen LogP contribution in [0.25, 0.3) is 33.4 Å². The van der Waals surface area contributed by atoms with E-state index in [9.17, 15) is 0 Å². The normalized spacial score (nSPS) is 12.0. The minimum Gasteiger partial charge on any atom is -0.317 e. The van der Waals surface area contributed by atoms with Crippen LogP contribution in [0, 0.1) is 27.7 Å². The number of nitrogens with zero attached hydrogens (tertiary/aromatic N) is 4. The summed E-state index contributed by atoms with van der Waals surface area (Å²) in [5.74, 6) is 0. The molecule has 16 aromatic carbocycles. The van der Waals surface area contributed by atoms with E-state index in [2.05, 4.69) is 509 Å². The van der Waals surface area contributed by atoms with Gasteiger partial charge in [0, 0.05) is 98.0 Å². The number of aryl methyl sites for hydroxylation is 4. The first-order chi connectivity index (χ1) is 58.1. The van der Waals surface area contributed by atoms with Gasteiger partial charge in [-0.05, 0) is 215 Å². The molecular weight excluding hydrogens is 1430 g/mol. The van der Waals surface area contributed by atoms with Crippen LogP contribution >= 0.6 is 0 Å². The van der Waals surface area contributed by atoms with Gasteiger partial charge in [-0.3, -0.25) is 0 Å². The van der Waals surface area contributed by atoms with Crippen LogP contribution in [0.3, 0.4) is 0 Å². The van der Waals surface area contributed by atoms with Crippen molar-refractivity contribution in [3.05, 3.63) is 539 Å². The van der Waals surface area contributed by atoms with E-state index < -0.39 is 0 Å². The molecule has 0 aliphatic heterocycles. The first-order valence-electron chi connectivity index (χ1n) is 41.3. The molecule has 0 amide bonds. The standard InChI is InChI=1S/C60H54N2.C54H44N2/c1-46-26-34-54(35-27-46)61(44-58(48-18-8-3-9-19-48)49-20-10-4-11-21-49)56-38-30-52(31-39-56)60(42-16-7-17-43-60)53-32-40-57(41-33-53)62(55-36-28-47(2)29-37-55)45-59(50-22-12-5-13-23-50)51-24-14-6-15-25-51;1-41-17-15-27-51(37-41)55(39-53(45-19-7-3-8-20-45)46-21-9-4-10-22-46)49-33-29-43(30-34-49)44-31-35-50(36-32-44)56(52-28-16-18-42(2)38-52)40-54(47-23-11-5-12-24-47)48-25-13-6-14-26-48/h3-6,8-15,18-41,44-45H,7,16-17,42-43H2,1-2H3;3-40H,1-2H3. The van der Waals surface area contributed by atoms with Crippen molar-refractivity contribution in [2.24, 2.45) is 0 Å². The van der Waals surface area contributed by atoms with Crippen molar-refractivity contribution >= 4 is 67.8 Å². The maximum Gasteiger partial charge on any atom is 0.0458 e. The SMILES string of the molecule is Cc1ccc(N(C=C(c2ccccc2)c2ccccc2)c2ccc(C3(c4ccc(N(C=C(c5ccccc5)c5ccccc5)c5ccc(C)cc5)cc4)CCCCC3)cc2)cc1.Cc1cccc(N(C=C(c2ccccc2)c2ccccc2)c2ccc(-c3ccc(N(C=C(c4ccccc4)c4ccccc4)c4cccc(C)c4)cc3)cc2)c1. The lowest BCUT2D eigenvalue weighted by Crippen LogP contribution is -2.30. The van der Waals surface area contributed by atoms with Gasteiger partial charge in [-0.15, -0.1) is 0 Å². The summed E-state index contributed by atoms with van der Waals surface area (Å²) in [6.07, 6.45) is 15.2. The van der Waals surface area contributed by atoms with E-state index in [1.807, 2.05) is 0 Å². The highest BCUT2D eigenvalue weighted by molar-refractivity contribution is 5.89. The Bertz CT molecular complexity index is 5490. The Kier molecular flexibility index (Phi) is 24.5. The molecule has 0 heterocycles. The topological polar surface area (TPSA) is 13.0 Å². The molecule has 1 saturated carbocycles. The third kappa shape index (κ3) is 18.6. The van der Waals surface area contributed by atoms with E-state index in [0.717, 1.165) is 80.6 Å². The maximum atomic E-state index is 2.40. The monoisotopic (exact) mass is 1520 g/mol. The molecule has 17 rings (SSSR count). The predicted molar refractivity (Wildman–Crippen MR) is 502 cm³/mol. The van der Waals surface area contributed by atoms with Crippen molar-refractivity contribution in [2.45, 2.75) is 65.2 Å². The fourth-order valence-corrected chi connectivity index (χ4v) is 16.3. The minimum atomic E-state index is -0.0666. The van der Waals surface area contributed by atoms with Gasteiger partial charge >= 0.3 is 0 Å². The van der Waals surface area contributed by atoms with Gasteiger partial charge in [0.1, 0.15) is 0 Å². The number of hydrogen-bond donors (Lipinski definition) is 0. The lowest BCUT2D eigenvalue weighted by atomic mass is 9.65. The molecule has 16 aromatic rings. The molecular formula is C114H98N4. The smallest absolute Gasteiger partial charge is 0.0458 e. The zero-order valence-electron chi connectivity index (χ0n) is 67.7. The Labute approximate surface area is 698 Å². The van der Waals surface area contributed by atoms with Crippen molar-refractivity contribution in [3.63, 3.8) is 0 Å². The van der Waals surface area contributed by atoms with Crippen LogP contribution in [0.5, 0.6) is 0 Å². The molecule has 0 N–H and O–H groups in total. The fraction of sp³-hybridized carbons (Fsp3) is 0.0877. The lowest BCUT2D eigenvalue weighted by molar-refractivity contribution is 0.346. The Balaban J connectivity index is 0.000000177. The van der Waals surface area contributed by atoms with Gasteiger partial charge in [-0.25, -0.2) is 0 Å². The second-order valence-electron chi connectivity index (χ2n) is 30.8. The van der Waals surface area contributed by atoms with Crippen molar-refractivity contribution in [1.82, 2.24) is 0 Å². The molecule has 4 heteroatoms. The van der Waals surface area contributed by atoms with E-state index in [1.54, 1.807) is 0 Å². The van der Waals surface area contributed by atoms with Gasteiger partial charge < -0.3 is 19.6 Å². The van der Waals surface area contributed by atoms with E-state index in [4.69, 9.17) is 0 Å². The first kappa shape index (κ1) is 77.6. The van der Waals surface area contributed by atoms with Gasteiger partial charge in [0.25, 0.3) is 0 Å². The zero-order valence-corrected chi connectivity index (χ0v) is 67.7. The third-order valence-electron chi connectivity index (χ3n) is 22.6. The van der Waals surface area contributed by atoms with Crippen LogP contribution < -0.4 is 19.6 Å². The van der Waals surface area contributed by atoms with Crippen molar-refractivity contribution in [1.29, 1.82) is 0 Å². The van der Waals surface area contributed by atoms with Crippen molar-refractivity contribution in [3.8, 4) is 11.1 Å². The van der Waals surface area contributed by atoms with Gasteiger partial charge in [-0.2, -0.15) is 0 Å². The first-order valence-corrected chi connectivity index (χ1v) is 41.3. The predicted octanol–water partition coefficient (Wildman–Crippen LogP) is 30.4. The zero-order chi connectivity index (χ0) is 80.3. The van der Waals surface area contributed by atoms with Crippen LogP contribution in [0.1, 0.15) is 110 Å². The Hall–Kier alpha value is -14.3. The van der Waals surface area contributed by atoms with Gasteiger partial charge in [0.05, 0.1) is 0 Å². The summed E-state index contributed by atoms with van der Waals surface area (Å²) in [7, 11) is 0. The Morgan fingerprint density at radius 2 is 0.407 bits per heavy atom. The van der Waals surface area contributed by atoms with Crippen molar-refractivity contribution < 1.29 is 0 Å². The second-order valence-corrected chi connectivity index (χ2v) is 30.8. The molecule has 0 bridgehead atoms. The largest absolute Gasteiger partial charge is 0.317 e. The highest BCUT2D eigenvalue weighted by atomic mass is 15.1. The minimum absolute atomic E-state index is 0.0666. The molecule has 118 heavy (non-hydrogen) atoms. The molecule has 0 atom stereocenters. The Morgan fingerprint density at radius 1 is 0.195 bits per heavy atom. The Morgan fingerprint density at radius 3 is 0.636 bits per heavy atom. The molecule has 0 unspecified atom stereocenters. The quantitative estimate of drug-likeness (QED) is 0.0633.